The first-order valence-electron chi connectivity index (χ1n) is 9.43. The third kappa shape index (κ3) is 7.63. The number of hydrogen-bond donors (Lipinski definition) is 3. The van der Waals surface area contributed by atoms with E-state index in [1.54, 1.807) is 73.2 Å². The summed E-state index contributed by atoms with van der Waals surface area (Å²) >= 11 is 0. The van der Waals surface area contributed by atoms with Gasteiger partial charge in [-0.2, -0.15) is 0 Å². The van der Waals surface area contributed by atoms with Crippen molar-refractivity contribution < 1.29 is 14.4 Å². The topological polar surface area (TPSA) is 129 Å². The van der Waals surface area contributed by atoms with E-state index in [9.17, 15) is 14.4 Å². The van der Waals surface area contributed by atoms with Gasteiger partial charge in [-0.1, -0.05) is 18.2 Å². The molecule has 0 aliphatic rings. The molecule has 0 spiro atoms. The molecule has 0 saturated carbocycles. The van der Waals surface area contributed by atoms with E-state index < -0.39 is 17.7 Å². The summed E-state index contributed by atoms with van der Waals surface area (Å²) in [5, 5.41) is 7.92. The SMILES string of the molecule is O=C(CN(CC(=O)Nc1ccccn1)CC(=O)Nc1ccccn1)Nc1ccccn1. The minimum Gasteiger partial charge on any atom is -0.310 e. The first-order valence-corrected chi connectivity index (χ1v) is 9.43. The third-order valence-corrected chi connectivity index (χ3v) is 3.90. The third-order valence-electron chi connectivity index (χ3n) is 3.90. The van der Waals surface area contributed by atoms with Crippen LogP contribution in [0.5, 0.6) is 0 Å². The van der Waals surface area contributed by atoms with Crippen LogP contribution in [0.4, 0.5) is 17.5 Å². The summed E-state index contributed by atoms with van der Waals surface area (Å²) in [6.07, 6.45) is 4.65. The molecule has 0 fully saturated rings. The molecule has 0 atom stereocenters. The Labute approximate surface area is 178 Å². The molecule has 0 saturated heterocycles. The molecular weight excluding hydrogens is 398 g/mol. The Morgan fingerprint density at radius 2 is 0.903 bits per heavy atom. The molecule has 158 valence electrons. The zero-order valence-electron chi connectivity index (χ0n) is 16.6. The van der Waals surface area contributed by atoms with Crippen LogP contribution in [0.25, 0.3) is 0 Å². The number of nitrogens with one attached hydrogen (secondary N) is 3. The van der Waals surface area contributed by atoms with Gasteiger partial charge in [0.2, 0.25) is 17.7 Å². The average Bonchev–Trinajstić information content (AvgIpc) is 2.75. The van der Waals surface area contributed by atoms with Gasteiger partial charge in [0.05, 0.1) is 19.6 Å². The lowest BCUT2D eigenvalue weighted by Crippen LogP contribution is -2.43. The predicted molar refractivity (Wildman–Crippen MR) is 115 cm³/mol. The lowest BCUT2D eigenvalue weighted by atomic mass is 10.3. The van der Waals surface area contributed by atoms with Crippen molar-refractivity contribution in [2.45, 2.75) is 0 Å². The molecule has 10 heteroatoms. The highest BCUT2D eigenvalue weighted by atomic mass is 16.2. The molecule has 3 N–H and O–H groups in total. The predicted octanol–water partition coefficient (Wildman–Crippen LogP) is 1.39. The maximum Gasteiger partial charge on any atom is 0.239 e. The van der Waals surface area contributed by atoms with Crippen LogP contribution in [0.2, 0.25) is 0 Å². The smallest absolute Gasteiger partial charge is 0.239 e. The second-order valence-corrected chi connectivity index (χ2v) is 6.43. The number of anilines is 3. The number of carbonyl (C=O) groups is 3. The Bertz CT molecular complexity index is 869. The van der Waals surface area contributed by atoms with Crippen molar-refractivity contribution >= 4 is 35.2 Å². The number of aromatic nitrogens is 3. The summed E-state index contributed by atoms with van der Waals surface area (Å²) in [6.45, 7) is -0.578. The van der Waals surface area contributed by atoms with Gasteiger partial charge in [0, 0.05) is 18.6 Å². The highest BCUT2D eigenvalue weighted by Crippen LogP contribution is 2.04. The number of carbonyl (C=O) groups excluding carboxylic acids is 3. The number of amides is 3. The molecule has 0 radical (unpaired) electrons. The van der Waals surface area contributed by atoms with Gasteiger partial charge in [0.1, 0.15) is 17.5 Å². The molecule has 3 heterocycles. The zero-order valence-corrected chi connectivity index (χ0v) is 16.6. The Hall–Kier alpha value is -4.18. The van der Waals surface area contributed by atoms with E-state index in [-0.39, 0.29) is 19.6 Å². The highest BCUT2D eigenvalue weighted by Gasteiger charge is 2.19. The van der Waals surface area contributed by atoms with E-state index in [4.69, 9.17) is 0 Å². The Morgan fingerprint density at radius 3 is 1.16 bits per heavy atom. The molecule has 3 rings (SSSR count). The number of rotatable bonds is 9. The molecule has 3 amide bonds. The maximum atomic E-state index is 12.4. The van der Waals surface area contributed by atoms with Gasteiger partial charge >= 0.3 is 0 Å². The Kier molecular flexibility index (Phi) is 7.72. The van der Waals surface area contributed by atoms with Crippen molar-refractivity contribution in [2.75, 3.05) is 35.6 Å². The van der Waals surface area contributed by atoms with Gasteiger partial charge in [0.15, 0.2) is 0 Å². The van der Waals surface area contributed by atoms with Crippen molar-refractivity contribution in [3.8, 4) is 0 Å². The minimum atomic E-state index is -0.407. The van der Waals surface area contributed by atoms with Crippen LogP contribution >= 0.6 is 0 Å². The van der Waals surface area contributed by atoms with Crippen molar-refractivity contribution in [2.24, 2.45) is 0 Å². The maximum absolute atomic E-state index is 12.4. The van der Waals surface area contributed by atoms with Gasteiger partial charge < -0.3 is 16.0 Å². The largest absolute Gasteiger partial charge is 0.310 e. The molecule has 0 aromatic carbocycles. The van der Waals surface area contributed by atoms with Gasteiger partial charge in [-0.25, -0.2) is 15.0 Å². The average molecular weight is 419 g/mol. The molecule has 0 aliphatic heterocycles. The minimum absolute atomic E-state index is 0.193. The van der Waals surface area contributed by atoms with Crippen LogP contribution in [-0.2, 0) is 14.4 Å². The fraction of sp³-hybridized carbons (Fsp3) is 0.143. The van der Waals surface area contributed by atoms with Crippen molar-refractivity contribution in [3.05, 3.63) is 73.2 Å². The van der Waals surface area contributed by atoms with Crippen LogP contribution in [0, 0.1) is 0 Å². The van der Waals surface area contributed by atoms with Crippen LogP contribution in [0.1, 0.15) is 0 Å². The number of nitrogens with zero attached hydrogens (tertiary/aromatic N) is 4. The molecular formula is C21H21N7O3. The molecule has 31 heavy (non-hydrogen) atoms. The van der Waals surface area contributed by atoms with Crippen molar-refractivity contribution in [3.63, 3.8) is 0 Å². The summed E-state index contributed by atoms with van der Waals surface area (Å²) in [4.78, 5) is 50.8. The standard InChI is InChI=1S/C21H21N7O3/c29-19(25-16-7-1-4-10-22-16)13-28(14-20(30)26-17-8-2-5-11-23-17)15-21(31)27-18-9-3-6-12-24-18/h1-12H,13-15H2,(H,22,25,29)(H,23,26,30)(H,24,27,31). The lowest BCUT2D eigenvalue weighted by molar-refractivity contribution is -0.122. The molecule has 3 aromatic heterocycles. The Morgan fingerprint density at radius 1 is 0.581 bits per heavy atom. The molecule has 10 nitrogen and oxygen atoms in total. The second kappa shape index (κ2) is 11.1. The van der Waals surface area contributed by atoms with Gasteiger partial charge in [-0.3, -0.25) is 19.3 Å². The lowest BCUT2D eigenvalue weighted by Gasteiger charge is -2.20. The molecule has 3 aromatic rings. The van der Waals surface area contributed by atoms with Crippen LogP contribution < -0.4 is 16.0 Å². The summed E-state index contributed by atoms with van der Waals surface area (Å²) in [6, 6.07) is 15.3. The number of hydrogen-bond acceptors (Lipinski definition) is 7. The summed E-state index contributed by atoms with van der Waals surface area (Å²) < 4.78 is 0. The summed E-state index contributed by atoms with van der Waals surface area (Å²) in [7, 11) is 0. The van der Waals surface area contributed by atoms with Gasteiger partial charge in [0.25, 0.3) is 0 Å². The fourth-order valence-corrected chi connectivity index (χ4v) is 2.63. The van der Waals surface area contributed by atoms with Crippen LogP contribution in [0.15, 0.2) is 73.2 Å². The normalized spacial score (nSPS) is 10.4. The molecule has 0 unspecified atom stereocenters. The van der Waals surface area contributed by atoms with Crippen molar-refractivity contribution in [1.29, 1.82) is 0 Å². The van der Waals surface area contributed by atoms with E-state index >= 15 is 0 Å². The summed E-state index contributed by atoms with van der Waals surface area (Å²) in [5.41, 5.74) is 0. The monoisotopic (exact) mass is 419 g/mol. The quantitative estimate of drug-likeness (QED) is 0.478. The first-order chi connectivity index (χ1) is 15.1. The summed E-state index contributed by atoms with van der Waals surface area (Å²) in [5.74, 6) is -0.0881. The van der Waals surface area contributed by atoms with E-state index in [1.165, 1.54) is 4.90 Å². The van der Waals surface area contributed by atoms with E-state index in [0.717, 1.165) is 0 Å². The fourth-order valence-electron chi connectivity index (χ4n) is 2.63. The van der Waals surface area contributed by atoms with Crippen molar-refractivity contribution in [1.82, 2.24) is 19.9 Å². The first kappa shape index (κ1) is 21.5. The van der Waals surface area contributed by atoms with E-state index in [0.29, 0.717) is 17.5 Å². The molecule has 0 aliphatic carbocycles. The van der Waals surface area contributed by atoms with Crippen LogP contribution in [-0.4, -0.2) is 57.2 Å². The van der Waals surface area contributed by atoms with Crippen LogP contribution in [0.3, 0.4) is 0 Å². The molecule has 0 bridgehead atoms. The Balaban J connectivity index is 1.62. The zero-order chi connectivity index (χ0) is 21.9. The van der Waals surface area contributed by atoms with E-state index in [1.807, 2.05) is 0 Å². The second-order valence-electron chi connectivity index (χ2n) is 6.43. The number of pyridine rings is 3. The van der Waals surface area contributed by atoms with Gasteiger partial charge in [-0.05, 0) is 36.4 Å². The van der Waals surface area contributed by atoms with Gasteiger partial charge in [-0.15, -0.1) is 0 Å². The highest BCUT2D eigenvalue weighted by molar-refractivity contribution is 5.96. The van der Waals surface area contributed by atoms with E-state index in [2.05, 4.69) is 30.9 Å².